The van der Waals surface area contributed by atoms with Crippen molar-refractivity contribution >= 4 is 11.9 Å². The molecule has 1 amide bonds. The number of aryl methyl sites for hydroxylation is 2. The van der Waals surface area contributed by atoms with Gasteiger partial charge >= 0.3 is 5.97 Å². The van der Waals surface area contributed by atoms with Crippen molar-refractivity contribution in [3.8, 4) is 0 Å². The summed E-state index contributed by atoms with van der Waals surface area (Å²) in [5, 5.41) is 11.7. The summed E-state index contributed by atoms with van der Waals surface area (Å²) in [5.41, 5.74) is 3.33. The first kappa shape index (κ1) is 15.7. The molecule has 0 unspecified atom stereocenters. The molecule has 0 spiro atoms. The highest BCUT2D eigenvalue weighted by Gasteiger charge is 2.04. The Bertz CT molecular complexity index is 666. The topological polar surface area (TPSA) is 79.3 Å². The van der Waals surface area contributed by atoms with Crippen LogP contribution < -0.4 is 5.32 Å². The van der Waals surface area contributed by atoms with E-state index in [0.717, 1.165) is 29.5 Å². The molecule has 5 heteroatoms. The Hall–Kier alpha value is -2.69. The number of nitrogens with one attached hydrogen (secondary N) is 1. The van der Waals surface area contributed by atoms with E-state index >= 15 is 0 Å². The standard InChI is InChI=1S/C17H18N2O3/c1-12(20)19-10-14-5-2-13(3-6-14)4-7-15-8-16(17(21)22)11-18-9-15/h2-3,5-6,8-9,11H,4,7,10H2,1H3,(H,19,20)(H,21,22). The van der Waals surface area contributed by atoms with Crippen molar-refractivity contribution < 1.29 is 14.7 Å². The first-order chi connectivity index (χ1) is 10.5. The van der Waals surface area contributed by atoms with Crippen LogP contribution in [0.1, 0.15) is 34.0 Å². The van der Waals surface area contributed by atoms with Gasteiger partial charge in [-0.2, -0.15) is 0 Å². The van der Waals surface area contributed by atoms with Crippen LogP contribution in [-0.2, 0) is 24.2 Å². The summed E-state index contributed by atoms with van der Waals surface area (Å²) in [7, 11) is 0. The van der Waals surface area contributed by atoms with Crippen LogP contribution in [0.25, 0.3) is 0 Å². The third kappa shape index (κ3) is 4.70. The molecule has 0 fully saturated rings. The zero-order chi connectivity index (χ0) is 15.9. The lowest BCUT2D eigenvalue weighted by Crippen LogP contribution is -2.18. The third-order valence-corrected chi connectivity index (χ3v) is 3.31. The summed E-state index contributed by atoms with van der Waals surface area (Å²) >= 11 is 0. The van der Waals surface area contributed by atoms with Crippen molar-refractivity contribution in [1.82, 2.24) is 10.3 Å². The summed E-state index contributed by atoms with van der Waals surface area (Å²) in [6, 6.07) is 9.66. The number of pyridine rings is 1. The Balaban J connectivity index is 1.92. The smallest absolute Gasteiger partial charge is 0.337 e. The fourth-order valence-corrected chi connectivity index (χ4v) is 2.08. The molecule has 0 saturated heterocycles. The normalized spacial score (nSPS) is 10.2. The van der Waals surface area contributed by atoms with Crippen molar-refractivity contribution in [2.75, 3.05) is 0 Å². The van der Waals surface area contributed by atoms with Gasteiger partial charge in [0, 0.05) is 25.9 Å². The average Bonchev–Trinajstić information content (AvgIpc) is 2.52. The number of rotatable bonds is 6. The molecule has 0 aliphatic carbocycles. The number of carboxylic acid groups (broad SMARTS) is 1. The Morgan fingerprint density at radius 2 is 1.68 bits per heavy atom. The second-order valence-electron chi connectivity index (χ2n) is 5.11. The number of aromatic carboxylic acids is 1. The molecule has 5 nitrogen and oxygen atoms in total. The van der Waals surface area contributed by atoms with Gasteiger partial charge in [-0.1, -0.05) is 24.3 Å². The van der Waals surface area contributed by atoms with Crippen LogP contribution in [0.4, 0.5) is 0 Å². The Morgan fingerprint density at radius 3 is 2.32 bits per heavy atom. The quantitative estimate of drug-likeness (QED) is 0.857. The minimum atomic E-state index is -0.961. The van der Waals surface area contributed by atoms with Crippen LogP contribution in [-0.4, -0.2) is 22.0 Å². The number of hydrogen-bond donors (Lipinski definition) is 2. The summed E-state index contributed by atoms with van der Waals surface area (Å²) in [4.78, 5) is 25.7. The van der Waals surface area contributed by atoms with E-state index < -0.39 is 5.97 Å². The molecule has 2 rings (SSSR count). The van der Waals surface area contributed by atoms with E-state index in [0.29, 0.717) is 6.54 Å². The lowest BCUT2D eigenvalue weighted by Gasteiger charge is -2.06. The minimum Gasteiger partial charge on any atom is -0.478 e. The molecule has 0 aliphatic heterocycles. The maximum Gasteiger partial charge on any atom is 0.337 e. The number of hydrogen-bond acceptors (Lipinski definition) is 3. The van der Waals surface area contributed by atoms with Gasteiger partial charge in [0.2, 0.25) is 5.91 Å². The van der Waals surface area contributed by atoms with Crippen molar-refractivity contribution in [2.45, 2.75) is 26.3 Å². The summed E-state index contributed by atoms with van der Waals surface area (Å²) in [6.07, 6.45) is 4.59. The van der Waals surface area contributed by atoms with Gasteiger partial charge in [0.05, 0.1) is 5.56 Å². The second kappa shape index (κ2) is 7.36. The minimum absolute atomic E-state index is 0.0464. The molecule has 2 N–H and O–H groups in total. The SMILES string of the molecule is CC(=O)NCc1ccc(CCc2cncc(C(=O)O)c2)cc1. The first-order valence-electron chi connectivity index (χ1n) is 7.04. The predicted octanol–water partition coefficient (Wildman–Crippen LogP) is 2.20. The van der Waals surface area contributed by atoms with Gasteiger partial charge in [-0.05, 0) is 35.6 Å². The Morgan fingerprint density at radius 1 is 1.05 bits per heavy atom. The number of nitrogens with zero attached hydrogens (tertiary/aromatic N) is 1. The van der Waals surface area contributed by atoms with E-state index in [-0.39, 0.29) is 11.5 Å². The Kier molecular flexibility index (Phi) is 5.25. The number of carboxylic acids is 1. The van der Waals surface area contributed by atoms with E-state index in [1.807, 2.05) is 24.3 Å². The number of benzene rings is 1. The number of carbonyl (C=O) groups is 2. The number of aromatic nitrogens is 1. The molecule has 0 bridgehead atoms. The van der Waals surface area contributed by atoms with Crippen molar-refractivity contribution in [1.29, 1.82) is 0 Å². The van der Waals surface area contributed by atoms with Crippen LogP contribution in [0.2, 0.25) is 0 Å². The molecule has 0 saturated carbocycles. The molecule has 1 aromatic carbocycles. The third-order valence-electron chi connectivity index (χ3n) is 3.31. The lowest BCUT2D eigenvalue weighted by molar-refractivity contribution is -0.119. The van der Waals surface area contributed by atoms with E-state index in [4.69, 9.17) is 5.11 Å². The number of carbonyl (C=O) groups excluding carboxylic acids is 1. The predicted molar refractivity (Wildman–Crippen MR) is 82.6 cm³/mol. The van der Waals surface area contributed by atoms with Gasteiger partial charge in [-0.15, -0.1) is 0 Å². The molecule has 2 aromatic rings. The molecule has 0 aliphatic rings. The second-order valence-corrected chi connectivity index (χ2v) is 5.11. The van der Waals surface area contributed by atoms with E-state index in [1.54, 1.807) is 12.3 Å². The first-order valence-corrected chi connectivity index (χ1v) is 7.04. The molecule has 1 aromatic heterocycles. The molecule has 1 heterocycles. The summed E-state index contributed by atoms with van der Waals surface area (Å²) in [6.45, 7) is 2.02. The summed E-state index contributed by atoms with van der Waals surface area (Å²) in [5.74, 6) is -1.01. The fraction of sp³-hybridized carbons (Fsp3) is 0.235. The zero-order valence-electron chi connectivity index (χ0n) is 12.4. The lowest BCUT2D eigenvalue weighted by atomic mass is 10.0. The van der Waals surface area contributed by atoms with Gasteiger partial charge in [0.25, 0.3) is 0 Å². The van der Waals surface area contributed by atoms with Crippen LogP contribution in [0, 0.1) is 0 Å². The highest BCUT2D eigenvalue weighted by atomic mass is 16.4. The molecule has 22 heavy (non-hydrogen) atoms. The summed E-state index contributed by atoms with van der Waals surface area (Å²) < 4.78 is 0. The van der Waals surface area contributed by atoms with Crippen LogP contribution in [0.5, 0.6) is 0 Å². The van der Waals surface area contributed by atoms with Crippen molar-refractivity contribution in [3.05, 3.63) is 65.0 Å². The monoisotopic (exact) mass is 298 g/mol. The average molecular weight is 298 g/mol. The largest absolute Gasteiger partial charge is 0.478 e. The van der Waals surface area contributed by atoms with Crippen molar-refractivity contribution in [2.24, 2.45) is 0 Å². The van der Waals surface area contributed by atoms with Gasteiger partial charge in [0.15, 0.2) is 0 Å². The van der Waals surface area contributed by atoms with Crippen LogP contribution in [0.3, 0.4) is 0 Å². The molecule has 0 atom stereocenters. The van der Waals surface area contributed by atoms with Gasteiger partial charge in [-0.25, -0.2) is 4.79 Å². The molecular weight excluding hydrogens is 280 g/mol. The number of amides is 1. The van der Waals surface area contributed by atoms with Crippen molar-refractivity contribution in [3.63, 3.8) is 0 Å². The molecule has 0 radical (unpaired) electrons. The molecule has 114 valence electrons. The van der Waals surface area contributed by atoms with E-state index in [1.165, 1.54) is 13.1 Å². The zero-order valence-corrected chi connectivity index (χ0v) is 12.4. The highest BCUT2D eigenvalue weighted by molar-refractivity contribution is 5.87. The highest BCUT2D eigenvalue weighted by Crippen LogP contribution is 2.10. The van der Waals surface area contributed by atoms with Crippen LogP contribution >= 0.6 is 0 Å². The molecular formula is C17H18N2O3. The van der Waals surface area contributed by atoms with Crippen LogP contribution in [0.15, 0.2) is 42.7 Å². The van der Waals surface area contributed by atoms with Gasteiger partial charge in [-0.3, -0.25) is 9.78 Å². The maximum absolute atomic E-state index is 10.9. The van der Waals surface area contributed by atoms with E-state index in [2.05, 4.69) is 10.3 Å². The maximum atomic E-state index is 10.9. The Labute approximate surface area is 129 Å². The van der Waals surface area contributed by atoms with E-state index in [9.17, 15) is 9.59 Å². The van der Waals surface area contributed by atoms with Gasteiger partial charge in [0.1, 0.15) is 0 Å². The van der Waals surface area contributed by atoms with Gasteiger partial charge < -0.3 is 10.4 Å². The fourth-order valence-electron chi connectivity index (χ4n) is 2.08.